The number of aromatic nitrogens is 2. The lowest BCUT2D eigenvalue weighted by Crippen LogP contribution is -2.27. The third-order valence-corrected chi connectivity index (χ3v) is 1.85. The van der Waals surface area contributed by atoms with Crippen molar-refractivity contribution >= 4 is 11.9 Å². The maximum Gasteiger partial charge on any atom is 0.376 e. The van der Waals surface area contributed by atoms with Gasteiger partial charge < -0.3 is 9.47 Å². The van der Waals surface area contributed by atoms with Crippen molar-refractivity contribution in [2.45, 2.75) is 52.7 Å². The molecular formula is C14H20N2O4. The lowest BCUT2D eigenvalue weighted by atomic mass is 10.2. The Morgan fingerprint density at radius 1 is 0.950 bits per heavy atom. The number of rotatable bonds is 2. The van der Waals surface area contributed by atoms with Gasteiger partial charge in [-0.25, -0.2) is 19.6 Å². The van der Waals surface area contributed by atoms with Crippen molar-refractivity contribution in [2.75, 3.05) is 0 Å². The zero-order valence-corrected chi connectivity index (χ0v) is 12.7. The number of hydrogen-bond donors (Lipinski definition) is 0. The minimum atomic E-state index is -0.678. The second-order valence-corrected chi connectivity index (χ2v) is 6.27. The van der Waals surface area contributed by atoms with Crippen molar-refractivity contribution < 1.29 is 19.1 Å². The maximum atomic E-state index is 11.9. The number of ether oxygens (including phenoxy) is 2. The largest absolute Gasteiger partial charge is 0.455 e. The smallest absolute Gasteiger partial charge is 0.376 e. The summed E-state index contributed by atoms with van der Waals surface area (Å²) in [5, 5.41) is 0. The lowest BCUT2D eigenvalue weighted by Gasteiger charge is -2.20. The quantitative estimate of drug-likeness (QED) is 0.774. The van der Waals surface area contributed by atoms with E-state index in [1.54, 1.807) is 41.5 Å². The van der Waals surface area contributed by atoms with Gasteiger partial charge in [0.05, 0.1) is 0 Å². The Kier molecular flexibility index (Phi) is 4.47. The van der Waals surface area contributed by atoms with Crippen LogP contribution < -0.4 is 0 Å². The summed E-state index contributed by atoms with van der Waals surface area (Å²) in [4.78, 5) is 31.4. The van der Waals surface area contributed by atoms with Gasteiger partial charge in [0.15, 0.2) is 5.69 Å². The van der Waals surface area contributed by atoms with Crippen LogP contribution in [0.3, 0.4) is 0 Å². The Balaban J connectivity index is 2.91. The van der Waals surface area contributed by atoms with Crippen LogP contribution in [-0.2, 0) is 9.47 Å². The summed E-state index contributed by atoms with van der Waals surface area (Å²) in [6, 6.07) is 1.39. The summed E-state index contributed by atoms with van der Waals surface area (Å²) in [6.45, 7) is 10.5. The minimum Gasteiger partial charge on any atom is -0.455 e. The summed E-state index contributed by atoms with van der Waals surface area (Å²) in [7, 11) is 0. The second-order valence-electron chi connectivity index (χ2n) is 6.27. The molecule has 0 amide bonds. The fourth-order valence-electron chi connectivity index (χ4n) is 1.22. The van der Waals surface area contributed by atoms with Crippen LogP contribution in [0.1, 0.15) is 62.6 Å². The topological polar surface area (TPSA) is 78.4 Å². The average Bonchev–Trinajstić information content (AvgIpc) is 2.24. The van der Waals surface area contributed by atoms with Crippen LogP contribution in [0.25, 0.3) is 0 Å². The highest BCUT2D eigenvalue weighted by molar-refractivity contribution is 5.90. The Bertz CT molecular complexity index is 469. The van der Waals surface area contributed by atoms with Gasteiger partial charge in [0.25, 0.3) is 0 Å². The van der Waals surface area contributed by atoms with Crippen LogP contribution in [0.4, 0.5) is 0 Å². The van der Waals surface area contributed by atoms with Crippen molar-refractivity contribution in [3.8, 4) is 0 Å². The Hall–Kier alpha value is -1.98. The maximum absolute atomic E-state index is 11.9. The van der Waals surface area contributed by atoms with Crippen molar-refractivity contribution in [3.63, 3.8) is 0 Å². The summed E-state index contributed by atoms with van der Waals surface area (Å²) in [5.41, 5.74) is -1.26. The van der Waals surface area contributed by atoms with Gasteiger partial charge in [-0.15, -0.1) is 0 Å². The molecule has 0 unspecified atom stereocenters. The Morgan fingerprint density at radius 2 is 1.45 bits per heavy atom. The van der Waals surface area contributed by atoms with E-state index in [9.17, 15) is 9.59 Å². The van der Waals surface area contributed by atoms with Gasteiger partial charge >= 0.3 is 11.9 Å². The van der Waals surface area contributed by atoms with Crippen molar-refractivity contribution in [1.82, 2.24) is 9.97 Å². The first-order valence-electron chi connectivity index (χ1n) is 6.28. The summed E-state index contributed by atoms with van der Waals surface area (Å²) in [5.74, 6) is -1.45. The highest BCUT2D eigenvalue weighted by atomic mass is 16.6. The minimum absolute atomic E-state index is 0.0239. The van der Waals surface area contributed by atoms with E-state index in [0.717, 1.165) is 0 Å². The van der Waals surface area contributed by atoms with Gasteiger partial charge in [0.1, 0.15) is 11.2 Å². The third-order valence-electron chi connectivity index (χ3n) is 1.85. The zero-order chi connectivity index (χ0) is 15.6. The molecule has 0 aliphatic heterocycles. The second kappa shape index (κ2) is 5.56. The molecule has 1 rings (SSSR count). The Labute approximate surface area is 118 Å². The van der Waals surface area contributed by atoms with Gasteiger partial charge in [0, 0.05) is 6.20 Å². The number of carbonyl (C=O) groups is 2. The molecule has 0 fully saturated rings. The predicted octanol–water partition coefficient (Wildman–Crippen LogP) is 2.39. The van der Waals surface area contributed by atoms with E-state index in [1.165, 1.54) is 12.3 Å². The van der Waals surface area contributed by atoms with E-state index in [-0.39, 0.29) is 11.5 Å². The third kappa shape index (κ3) is 5.34. The van der Waals surface area contributed by atoms with E-state index in [4.69, 9.17) is 9.47 Å². The highest BCUT2D eigenvalue weighted by Gasteiger charge is 2.23. The molecule has 0 aliphatic carbocycles. The number of nitrogens with zero attached hydrogens (tertiary/aromatic N) is 2. The van der Waals surface area contributed by atoms with Gasteiger partial charge in [-0.1, -0.05) is 0 Å². The Morgan fingerprint density at radius 3 is 1.95 bits per heavy atom. The first-order chi connectivity index (χ1) is 8.98. The van der Waals surface area contributed by atoms with Crippen molar-refractivity contribution in [2.24, 2.45) is 0 Å². The van der Waals surface area contributed by atoms with E-state index < -0.39 is 23.1 Å². The average molecular weight is 280 g/mol. The van der Waals surface area contributed by atoms with Crippen LogP contribution in [-0.4, -0.2) is 33.1 Å². The molecule has 1 aromatic rings. The SMILES string of the molecule is CC(C)(C)OC(=O)c1ccnc(C(=O)OC(C)(C)C)n1. The molecule has 0 atom stereocenters. The number of hydrogen-bond acceptors (Lipinski definition) is 6. The van der Waals surface area contributed by atoms with Gasteiger partial charge in [-0.2, -0.15) is 0 Å². The van der Waals surface area contributed by atoms with E-state index in [0.29, 0.717) is 0 Å². The molecule has 0 bridgehead atoms. The van der Waals surface area contributed by atoms with E-state index in [2.05, 4.69) is 9.97 Å². The molecule has 0 N–H and O–H groups in total. The van der Waals surface area contributed by atoms with E-state index >= 15 is 0 Å². The van der Waals surface area contributed by atoms with E-state index in [1.807, 2.05) is 0 Å². The molecule has 20 heavy (non-hydrogen) atoms. The fraction of sp³-hybridized carbons (Fsp3) is 0.571. The summed E-state index contributed by atoms with van der Waals surface area (Å²) in [6.07, 6.45) is 1.32. The molecular weight excluding hydrogens is 260 g/mol. The standard InChI is InChI=1S/C14H20N2O4/c1-13(2,3)19-11(17)9-7-8-15-10(16-9)12(18)20-14(4,5)6/h7-8H,1-6H3. The molecule has 1 aromatic heterocycles. The van der Waals surface area contributed by atoms with Gasteiger partial charge in [-0.3, -0.25) is 0 Å². The first kappa shape index (κ1) is 16.1. The van der Waals surface area contributed by atoms with Crippen LogP contribution in [0.15, 0.2) is 12.3 Å². The monoisotopic (exact) mass is 280 g/mol. The molecule has 0 aromatic carbocycles. The molecule has 0 saturated heterocycles. The molecule has 1 heterocycles. The molecule has 6 nitrogen and oxygen atoms in total. The molecule has 0 aliphatic rings. The van der Waals surface area contributed by atoms with Crippen LogP contribution in [0.2, 0.25) is 0 Å². The van der Waals surface area contributed by atoms with Crippen LogP contribution >= 0.6 is 0 Å². The van der Waals surface area contributed by atoms with Crippen LogP contribution in [0, 0.1) is 0 Å². The fourth-order valence-corrected chi connectivity index (χ4v) is 1.22. The van der Waals surface area contributed by atoms with Gasteiger partial charge in [-0.05, 0) is 47.6 Å². The lowest BCUT2D eigenvalue weighted by molar-refractivity contribution is 0.00519. The molecule has 6 heteroatoms. The zero-order valence-electron chi connectivity index (χ0n) is 12.7. The predicted molar refractivity (Wildman–Crippen MR) is 72.4 cm³/mol. The van der Waals surface area contributed by atoms with Crippen LogP contribution in [0.5, 0.6) is 0 Å². The normalized spacial score (nSPS) is 11.9. The number of carbonyl (C=O) groups excluding carboxylic acids is 2. The molecule has 0 radical (unpaired) electrons. The molecule has 0 saturated carbocycles. The van der Waals surface area contributed by atoms with Crippen molar-refractivity contribution in [3.05, 3.63) is 23.8 Å². The first-order valence-corrected chi connectivity index (χ1v) is 6.28. The highest BCUT2D eigenvalue weighted by Crippen LogP contribution is 2.12. The van der Waals surface area contributed by atoms with Gasteiger partial charge in [0.2, 0.25) is 5.82 Å². The number of esters is 2. The molecule has 0 spiro atoms. The summed E-state index contributed by atoms with van der Waals surface area (Å²) >= 11 is 0. The molecule has 110 valence electrons. The van der Waals surface area contributed by atoms with Crippen molar-refractivity contribution in [1.29, 1.82) is 0 Å². The summed E-state index contributed by atoms with van der Waals surface area (Å²) < 4.78 is 10.3.